The number of hydrogen-bond acceptors (Lipinski definition) is 6. The molecular weight excluding hydrogens is 320 g/mol. The molecule has 1 heterocycles. The van der Waals surface area contributed by atoms with Gasteiger partial charge in [-0.25, -0.2) is 4.79 Å². The van der Waals surface area contributed by atoms with E-state index in [2.05, 4.69) is 27.5 Å². The zero-order chi connectivity index (χ0) is 18.4. The molecule has 1 aromatic carbocycles. The minimum atomic E-state index is -0.322. The second-order valence-corrected chi connectivity index (χ2v) is 5.47. The second kappa shape index (κ2) is 8.09. The van der Waals surface area contributed by atoms with Crippen molar-refractivity contribution in [2.24, 2.45) is 12.2 Å². The van der Waals surface area contributed by atoms with Gasteiger partial charge in [-0.1, -0.05) is 23.9 Å². The lowest BCUT2D eigenvalue weighted by atomic mass is 10.1. The molecule has 0 spiro atoms. The van der Waals surface area contributed by atoms with Crippen molar-refractivity contribution in [1.82, 2.24) is 25.1 Å². The minimum absolute atomic E-state index is 0.200. The van der Waals surface area contributed by atoms with E-state index in [0.717, 1.165) is 16.7 Å². The van der Waals surface area contributed by atoms with E-state index in [1.54, 1.807) is 32.4 Å². The number of aryl methyl sites for hydroxylation is 2. The topological polar surface area (TPSA) is 86.3 Å². The van der Waals surface area contributed by atoms with Gasteiger partial charge in [0.15, 0.2) is 0 Å². The highest BCUT2D eigenvalue weighted by Gasteiger charge is 2.13. The number of tetrazole rings is 1. The fourth-order valence-corrected chi connectivity index (χ4v) is 2.09. The summed E-state index contributed by atoms with van der Waals surface area (Å²) in [5.74, 6) is 0. The van der Waals surface area contributed by atoms with Gasteiger partial charge in [0.2, 0.25) is 0 Å². The molecule has 8 heteroatoms. The Balaban J connectivity index is 2.23. The van der Waals surface area contributed by atoms with Crippen LogP contribution in [0.1, 0.15) is 18.1 Å². The van der Waals surface area contributed by atoms with Gasteiger partial charge in [-0.2, -0.15) is 9.36 Å². The predicted octanol–water partition coefficient (Wildman–Crippen LogP) is 1.46. The van der Waals surface area contributed by atoms with Gasteiger partial charge in [0, 0.05) is 19.7 Å². The summed E-state index contributed by atoms with van der Waals surface area (Å²) in [6, 6.07) is 5.59. The van der Waals surface area contributed by atoms with Crippen LogP contribution >= 0.6 is 0 Å². The summed E-state index contributed by atoms with van der Waals surface area (Å²) in [5, 5.41) is 14.6. The van der Waals surface area contributed by atoms with Gasteiger partial charge < -0.3 is 10.2 Å². The summed E-state index contributed by atoms with van der Waals surface area (Å²) in [4.78, 5) is 17.6. The number of rotatable bonds is 7. The molecule has 0 aliphatic carbocycles. The number of oxime groups is 1. The summed E-state index contributed by atoms with van der Waals surface area (Å²) < 4.78 is 2.42. The molecule has 0 aliphatic rings. The Hall–Kier alpha value is -3.16. The van der Waals surface area contributed by atoms with Gasteiger partial charge in [0.1, 0.15) is 6.61 Å². The van der Waals surface area contributed by atoms with E-state index in [4.69, 9.17) is 4.84 Å². The smallest absolute Gasteiger partial charge is 0.368 e. The first-order valence-corrected chi connectivity index (χ1v) is 7.73. The van der Waals surface area contributed by atoms with Crippen LogP contribution in [0.5, 0.6) is 0 Å². The largest absolute Gasteiger partial charge is 0.394 e. The Bertz CT molecular complexity index is 876. The molecule has 2 rings (SSSR count). The first kappa shape index (κ1) is 18.2. The SMILES string of the molecule is C=C(/C=C\NC)/C(C)=N\OCc1c(C)cccc1-n1nnn(C)c1=O. The number of nitrogens with one attached hydrogen (secondary N) is 1. The monoisotopic (exact) mass is 342 g/mol. The van der Waals surface area contributed by atoms with Crippen molar-refractivity contribution >= 4 is 5.71 Å². The maximum absolute atomic E-state index is 12.1. The average molecular weight is 342 g/mol. The van der Waals surface area contributed by atoms with Crippen LogP contribution in [0.15, 0.2) is 52.6 Å². The van der Waals surface area contributed by atoms with E-state index in [0.29, 0.717) is 11.4 Å². The third-order valence-electron chi connectivity index (χ3n) is 3.66. The van der Waals surface area contributed by atoms with E-state index >= 15 is 0 Å². The molecular formula is C17H22N6O2. The molecule has 0 fully saturated rings. The average Bonchev–Trinajstić information content (AvgIpc) is 2.93. The zero-order valence-corrected chi connectivity index (χ0v) is 14.9. The van der Waals surface area contributed by atoms with Crippen LogP contribution < -0.4 is 11.0 Å². The summed E-state index contributed by atoms with van der Waals surface area (Å²) in [6.07, 6.45) is 3.57. The summed E-state index contributed by atoms with van der Waals surface area (Å²) in [5.41, 5.74) is 3.50. The zero-order valence-electron chi connectivity index (χ0n) is 14.9. The Morgan fingerprint density at radius 2 is 2.20 bits per heavy atom. The third kappa shape index (κ3) is 4.23. The summed E-state index contributed by atoms with van der Waals surface area (Å²) >= 11 is 0. The Kier molecular flexibility index (Phi) is 5.89. The number of allylic oxidation sites excluding steroid dienone is 2. The van der Waals surface area contributed by atoms with E-state index in [-0.39, 0.29) is 12.3 Å². The molecule has 0 saturated carbocycles. The lowest BCUT2D eigenvalue weighted by Gasteiger charge is -2.10. The molecule has 132 valence electrons. The van der Waals surface area contributed by atoms with Crippen molar-refractivity contribution in [3.63, 3.8) is 0 Å². The number of hydrogen-bond donors (Lipinski definition) is 1. The van der Waals surface area contributed by atoms with Crippen molar-refractivity contribution in [1.29, 1.82) is 0 Å². The van der Waals surface area contributed by atoms with Crippen LogP contribution in [-0.4, -0.2) is 32.5 Å². The first-order valence-electron chi connectivity index (χ1n) is 7.73. The molecule has 0 unspecified atom stereocenters. The molecule has 1 N–H and O–H groups in total. The van der Waals surface area contributed by atoms with Gasteiger partial charge in [-0.3, -0.25) is 0 Å². The van der Waals surface area contributed by atoms with Gasteiger partial charge in [0.25, 0.3) is 0 Å². The Morgan fingerprint density at radius 3 is 2.84 bits per heavy atom. The molecule has 1 aromatic heterocycles. The minimum Gasteiger partial charge on any atom is -0.394 e. The quantitative estimate of drug-likeness (QED) is 0.468. The standard InChI is InChI=1S/C17H22N6O2/c1-12(9-10-18-4)14(3)19-25-11-15-13(2)7-6-8-16(15)23-17(24)22(5)20-21-23/h6-10,18H,1,11H2,2-5H3/b10-9-,19-14-. The van der Waals surface area contributed by atoms with Crippen LogP contribution in [0.2, 0.25) is 0 Å². The van der Waals surface area contributed by atoms with Crippen molar-refractivity contribution < 1.29 is 4.84 Å². The van der Waals surface area contributed by atoms with Crippen LogP contribution in [0.4, 0.5) is 0 Å². The highest BCUT2D eigenvalue weighted by molar-refractivity contribution is 5.99. The van der Waals surface area contributed by atoms with Gasteiger partial charge in [-0.15, -0.1) is 0 Å². The van der Waals surface area contributed by atoms with Crippen LogP contribution in [0.25, 0.3) is 5.69 Å². The lowest BCUT2D eigenvalue weighted by molar-refractivity contribution is 0.130. The molecule has 0 amide bonds. The molecule has 0 radical (unpaired) electrons. The van der Waals surface area contributed by atoms with E-state index in [9.17, 15) is 4.79 Å². The maximum atomic E-state index is 12.1. The van der Waals surface area contributed by atoms with Gasteiger partial charge >= 0.3 is 5.69 Å². The van der Waals surface area contributed by atoms with Gasteiger partial charge in [-0.05, 0) is 53.8 Å². The van der Waals surface area contributed by atoms with E-state index in [1.807, 2.05) is 26.0 Å². The molecule has 2 aromatic rings. The molecule has 8 nitrogen and oxygen atoms in total. The lowest BCUT2D eigenvalue weighted by Crippen LogP contribution is -2.23. The molecule has 0 bridgehead atoms. The molecule has 0 aliphatic heterocycles. The normalized spacial score (nSPS) is 11.8. The second-order valence-electron chi connectivity index (χ2n) is 5.47. The molecule has 0 saturated heterocycles. The predicted molar refractivity (Wildman–Crippen MR) is 96.6 cm³/mol. The Morgan fingerprint density at radius 1 is 1.44 bits per heavy atom. The van der Waals surface area contributed by atoms with E-state index < -0.39 is 0 Å². The maximum Gasteiger partial charge on any atom is 0.368 e. The summed E-state index contributed by atoms with van der Waals surface area (Å²) in [7, 11) is 3.36. The van der Waals surface area contributed by atoms with Crippen molar-refractivity contribution in [3.8, 4) is 5.69 Å². The fourth-order valence-electron chi connectivity index (χ4n) is 2.09. The number of aromatic nitrogens is 4. The van der Waals surface area contributed by atoms with Crippen LogP contribution in [0.3, 0.4) is 0 Å². The van der Waals surface area contributed by atoms with Crippen molar-refractivity contribution in [2.75, 3.05) is 7.05 Å². The highest BCUT2D eigenvalue weighted by Crippen LogP contribution is 2.18. The van der Waals surface area contributed by atoms with Crippen LogP contribution in [-0.2, 0) is 18.5 Å². The van der Waals surface area contributed by atoms with Crippen LogP contribution in [0, 0.1) is 6.92 Å². The van der Waals surface area contributed by atoms with Gasteiger partial charge in [0.05, 0.1) is 11.4 Å². The van der Waals surface area contributed by atoms with Crippen molar-refractivity contribution in [2.45, 2.75) is 20.5 Å². The van der Waals surface area contributed by atoms with E-state index in [1.165, 1.54) is 9.36 Å². The Labute approximate surface area is 146 Å². The summed E-state index contributed by atoms with van der Waals surface area (Å²) in [6.45, 7) is 7.86. The number of nitrogens with zero attached hydrogens (tertiary/aromatic N) is 5. The molecule has 0 atom stereocenters. The first-order chi connectivity index (χ1) is 12.0. The highest BCUT2D eigenvalue weighted by atomic mass is 16.6. The molecule has 25 heavy (non-hydrogen) atoms. The number of benzene rings is 1. The third-order valence-corrected chi connectivity index (χ3v) is 3.66. The van der Waals surface area contributed by atoms with Crippen molar-refractivity contribution in [3.05, 3.63) is 64.2 Å². The fraction of sp³-hybridized carbons (Fsp3) is 0.294.